The molecule has 1 unspecified atom stereocenters. The number of hydrogen-bond donors (Lipinski definition) is 1. The minimum atomic E-state index is 0. The van der Waals surface area contributed by atoms with Crippen molar-refractivity contribution in [1.82, 2.24) is 25.0 Å². The van der Waals surface area contributed by atoms with Crippen molar-refractivity contribution >= 4 is 41.8 Å². The van der Waals surface area contributed by atoms with Gasteiger partial charge < -0.3 is 10.2 Å². The van der Waals surface area contributed by atoms with E-state index >= 15 is 0 Å². The Morgan fingerprint density at radius 1 is 1.32 bits per heavy atom. The third kappa shape index (κ3) is 5.16. The summed E-state index contributed by atoms with van der Waals surface area (Å²) in [4.78, 5) is 19.9. The minimum absolute atomic E-state index is 0. The summed E-state index contributed by atoms with van der Waals surface area (Å²) in [7, 11) is 2.00. The Morgan fingerprint density at radius 3 is 2.61 bits per heavy atom. The number of rotatable bonds is 6. The first kappa shape index (κ1) is 24.7. The van der Waals surface area contributed by atoms with E-state index < -0.39 is 0 Å². The zero-order valence-electron chi connectivity index (χ0n) is 17.3. The van der Waals surface area contributed by atoms with Crippen LogP contribution in [0.1, 0.15) is 61.6 Å². The highest BCUT2D eigenvalue weighted by molar-refractivity contribution is 6.05. The van der Waals surface area contributed by atoms with Gasteiger partial charge in [0.05, 0.1) is 23.2 Å². The first-order valence-electron chi connectivity index (χ1n) is 9.83. The fraction of sp³-hybridized carbons (Fsp3) is 0.650. The Balaban J connectivity index is 0.00000196. The molecule has 6 nitrogen and oxygen atoms in total. The molecule has 2 aromatic heterocycles. The SMILES string of the molecule is CCC(C)n1ncc2c(C(=O)N3CCC(CCNC)CC3)cc(C)nc21.Cl.Cl. The quantitative estimate of drug-likeness (QED) is 0.752. The van der Waals surface area contributed by atoms with Crippen LogP contribution in [0.25, 0.3) is 11.0 Å². The van der Waals surface area contributed by atoms with Gasteiger partial charge in [-0.25, -0.2) is 9.67 Å². The molecule has 0 aromatic carbocycles. The predicted octanol–water partition coefficient (Wildman–Crippen LogP) is 4.02. The van der Waals surface area contributed by atoms with Crippen LogP contribution in [-0.2, 0) is 0 Å². The van der Waals surface area contributed by atoms with Crippen LogP contribution in [-0.4, -0.2) is 52.3 Å². The van der Waals surface area contributed by atoms with Gasteiger partial charge in [0.25, 0.3) is 5.91 Å². The van der Waals surface area contributed by atoms with Gasteiger partial charge in [-0.2, -0.15) is 5.10 Å². The molecule has 28 heavy (non-hydrogen) atoms. The third-order valence-electron chi connectivity index (χ3n) is 5.64. The van der Waals surface area contributed by atoms with Crippen LogP contribution in [0.15, 0.2) is 12.3 Å². The number of carbonyl (C=O) groups is 1. The lowest BCUT2D eigenvalue weighted by Gasteiger charge is -2.32. The van der Waals surface area contributed by atoms with Gasteiger partial charge in [0.1, 0.15) is 0 Å². The van der Waals surface area contributed by atoms with Crippen molar-refractivity contribution in [2.75, 3.05) is 26.7 Å². The molecule has 3 heterocycles. The van der Waals surface area contributed by atoms with Gasteiger partial charge in [0.2, 0.25) is 0 Å². The zero-order chi connectivity index (χ0) is 18.7. The van der Waals surface area contributed by atoms with E-state index in [1.165, 1.54) is 6.42 Å². The number of aromatic nitrogens is 3. The summed E-state index contributed by atoms with van der Waals surface area (Å²) >= 11 is 0. The summed E-state index contributed by atoms with van der Waals surface area (Å²) in [6.07, 6.45) is 6.16. The molecule has 0 spiro atoms. The lowest BCUT2D eigenvalue weighted by Crippen LogP contribution is -2.39. The summed E-state index contributed by atoms with van der Waals surface area (Å²) < 4.78 is 1.95. The number of aryl methyl sites for hydroxylation is 1. The van der Waals surface area contributed by atoms with Gasteiger partial charge in [0.15, 0.2) is 5.65 Å². The lowest BCUT2D eigenvalue weighted by molar-refractivity contribution is 0.0689. The lowest BCUT2D eigenvalue weighted by atomic mass is 9.93. The van der Waals surface area contributed by atoms with Crippen molar-refractivity contribution < 1.29 is 4.79 Å². The van der Waals surface area contributed by atoms with E-state index in [0.717, 1.165) is 67.1 Å². The summed E-state index contributed by atoms with van der Waals surface area (Å²) in [6.45, 7) is 8.96. The number of nitrogens with zero attached hydrogens (tertiary/aromatic N) is 4. The number of piperidine rings is 1. The molecular weight excluding hydrogens is 397 g/mol. The van der Waals surface area contributed by atoms with Gasteiger partial charge >= 0.3 is 0 Å². The molecule has 0 saturated carbocycles. The number of amides is 1. The molecule has 158 valence electrons. The summed E-state index contributed by atoms with van der Waals surface area (Å²) in [5.41, 5.74) is 2.44. The Bertz CT molecular complexity index is 771. The maximum atomic E-state index is 13.2. The molecule has 3 rings (SSSR count). The van der Waals surface area contributed by atoms with Crippen LogP contribution in [0.5, 0.6) is 0 Å². The van der Waals surface area contributed by atoms with Crippen LogP contribution in [0, 0.1) is 12.8 Å². The molecule has 0 radical (unpaired) electrons. The second-order valence-electron chi connectivity index (χ2n) is 7.52. The van der Waals surface area contributed by atoms with Crippen LogP contribution < -0.4 is 5.32 Å². The fourth-order valence-electron chi connectivity index (χ4n) is 3.76. The number of nitrogens with one attached hydrogen (secondary N) is 1. The Morgan fingerprint density at radius 2 is 2.00 bits per heavy atom. The summed E-state index contributed by atoms with van der Waals surface area (Å²) in [5.74, 6) is 0.843. The van der Waals surface area contributed by atoms with E-state index in [0.29, 0.717) is 0 Å². The molecule has 1 aliphatic rings. The first-order valence-corrected chi connectivity index (χ1v) is 9.83. The van der Waals surface area contributed by atoms with Gasteiger partial charge in [-0.1, -0.05) is 6.92 Å². The highest BCUT2D eigenvalue weighted by Crippen LogP contribution is 2.26. The Hall–Kier alpha value is -1.37. The first-order chi connectivity index (χ1) is 12.5. The molecule has 0 bridgehead atoms. The fourth-order valence-corrected chi connectivity index (χ4v) is 3.76. The number of halogens is 2. The highest BCUT2D eigenvalue weighted by Gasteiger charge is 2.26. The van der Waals surface area contributed by atoms with E-state index in [-0.39, 0.29) is 36.8 Å². The molecule has 1 N–H and O–H groups in total. The minimum Gasteiger partial charge on any atom is -0.339 e. The second-order valence-corrected chi connectivity index (χ2v) is 7.52. The zero-order valence-corrected chi connectivity index (χ0v) is 18.9. The van der Waals surface area contributed by atoms with E-state index in [1.54, 1.807) is 6.20 Å². The maximum Gasteiger partial charge on any atom is 0.254 e. The maximum absolute atomic E-state index is 13.2. The van der Waals surface area contributed by atoms with Crippen molar-refractivity contribution in [2.45, 2.75) is 52.5 Å². The van der Waals surface area contributed by atoms with Crippen molar-refractivity contribution in [1.29, 1.82) is 0 Å². The van der Waals surface area contributed by atoms with E-state index in [2.05, 4.69) is 29.2 Å². The van der Waals surface area contributed by atoms with E-state index in [4.69, 9.17) is 0 Å². The van der Waals surface area contributed by atoms with E-state index in [9.17, 15) is 4.79 Å². The standard InChI is InChI=1S/C20H31N5O.2ClH/c1-5-15(3)25-19-18(13-22-25)17(12-14(2)23-19)20(26)24-10-7-16(8-11-24)6-9-21-4;;/h12-13,15-16,21H,5-11H2,1-4H3;2*1H. The van der Waals surface area contributed by atoms with Crippen LogP contribution in [0.4, 0.5) is 0 Å². The van der Waals surface area contributed by atoms with Crippen LogP contribution >= 0.6 is 24.8 Å². The number of likely N-dealkylation sites (tertiary alicyclic amines) is 1. The van der Waals surface area contributed by atoms with Crippen molar-refractivity contribution in [3.05, 3.63) is 23.5 Å². The second kappa shape index (κ2) is 11.0. The highest BCUT2D eigenvalue weighted by atomic mass is 35.5. The molecule has 1 aliphatic heterocycles. The molecular formula is C20H33Cl2N5O. The monoisotopic (exact) mass is 429 g/mol. The van der Waals surface area contributed by atoms with Crippen molar-refractivity contribution in [3.8, 4) is 0 Å². The molecule has 1 atom stereocenters. The van der Waals surface area contributed by atoms with Gasteiger partial charge in [-0.05, 0) is 65.1 Å². The number of hydrogen-bond acceptors (Lipinski definition) is 4. The largest absolute Gasteiger partial charge is 0.339 e. The van der Waals surface area contributed by atoms with Gasteiger partial charge in [0, 0.05) is 18.8 Å². The number of carbonyl (C=O) groups excluding carboxylic acids is 1. The molecule has 1 amide bonds. The number of pyridine rings is 1. The van der Waals surface area contributed by atoms with Crippen molar-refractivity contribution in [2.24, 2.45) is 5.92 Å². The molecule has 1 saturated heterocycles. The summed E-state index contributed by atoms with van der Waals surface area (Å²) in [5, 5.41) is 8.61. The average Bonchev–Trinajstić information content (AvgIpc) is 3.08. The normalized spacial score (nSPS) is 15.8. The molecule has 2 aromatic rings. The van der Waals surface area contributed by atoms with Crippen LogP contribution in [0.2, 0.25) is 0 Å². The van der Waals surface area contributed by atoms with E-state index in [1.807, 2.05) is 29.6 Å². The summed E-state index contributed by atoms with van der Waals surface area (Å²) in [6, 6.07) is 2.19. The third-order valence-corrected chi connectivity index (χ3v) is 5.64. The predicted molar refractivity (Wildman–Crippen MR) is 119 cm³/mol. The van der Waals surface area contributed by atoms with Crippen LogP contribution in [0.3, 0.4) is 0 Å². The topological polar surface area (TPSA) is 63.1 Å². The Kier molecular flexibility index (Phi) is 9.67. The smallest absolute Gasteiger partial charge is 0.254 e. The van der Waals surface area contributed by atoms with Gasteiger partial charge in [-0.15, -0.1) is 24.8 Å². The number of fused-ring (bicyclic) bond motifs is 1. The van der Waals surface area contributed by atoms with Crippen molar-refractivity contribution in [3.63, 3.8) is 0 Å². The molecule has 0 aliphatic carbocycles. The average molecular weight is 430 g/mol. The Labute approximate surface area is 180 Å². The molecule has 1 fully saturated rings. The molecule has 8 heteroatoms. The van der Waals surface area contributed by atoms with Gasteiger partial charge in [-0.3, -0.25) is 4.79 Å².